The molecule has 0 spiro atoms. The van der Waals surface area contributed by atoms with Crippen LogP contribution in [-0.2, 0) is 22.7 Å². The van der Waals surface area contributed by atoms with Crippen molar-refractivity contribution in [3.05, 3.63) is 47.8 Å². The number of hydrogen-bond donors (Lipinski definition) is 0. The van der Waals surface area contributed by atoms with Gasteiger partial charge in [0.05, 0.1) is 12.7 Å². The first-order valence-corrected chi connectivity index (χ1v) is 5.86. The van der Waals surface area contributed by atoms with E-state index < -0.39 is 0 Å². The van der Waals surface area contributed by atoms with Gasteiger partial charge in [0.1, 0.15) is 12.3 Å². The number of hydrogen-bond acceptors (Lipinski definition) is 4. The molecule has 1 heterocycles. The zero-order valence-electron chi connectivity index (χ0n) is 10.2. The highest BCUT2D eigenvalue weighted by Gasteiger charge is 2.04. The highest BCUT2D eigenvalue weighted by atomic mass is 16.5. The van der Waals surface area contributed by atoms with E-state index in [1.165, 1.54) is 0 Å². The van der Waals surface area contributed by atoms with Crippen LogP contribution in [-0.4, -0.2) is 21.0 Å². The number of esters is 1. The molecule has 0 aliphatic rings. The second-order valence-electron chi connectivity index (χ2n) is 3.91. The Bertz CT molecular complexity index is 508. The molecule has 5 nitrogen and oxygen atoms in total. The monoisotopic (exact) mass is 245 g/mol. The van der Waals surface area contributed by atoms with Crippen LogP contribution in [0.3, 0.4) is 0 Å². The van der Waals surface area contributed by atoms with Crippen LogP contribution < -0.4 is 0 Å². The molecule has 0 radical (unpaired) electrons. The molecular weight excluding hydrogens is 230 g/mol. The molecule has 1 aromatic heterocycles. The molecule has 0 fully saturated rings. The van der Waals surface area contributed by atoms with Gasteiger partial charge in [0, 0.05) is 6.42 Å². The van der Waals surface area contributed by atoms with Gasteiger partial charge in [-0.2, -0.15) is 0 Å². The maximum Gasteiger partial charge on any atom is 0.305 e. The number of carbonyl (C=O) groups excluding carboxylic acids is 1. The molecule has 0 bridgehead atoms. The third kappa shape index (κ3) is 3.41. The number of rotatable bonds is 5. The molecule has 94 valence electrons. The van der Waals surface area contributed by atoms with Gasteiger partial charge in [-0.05, 0) is 5.56 Å². The molecule has 0 saturated heterocycles. The van der Waals surface area contributed by atoms with Crippen molar-refractivity contribution < 1.29 is 9.53 Å². The third-order valence-electron chi connectivity index (χ3n) is 2.44. The molecule has 2 aromatic rings. The van der Waals surface area contributed by atoms with Gasteiger partial charge in [0.15, 0.2) is 0 Å². The Morgan fingerprint density at radius 2 is 2.11 bits per heavy atom. The standard InChI is InChI=1S/C13H15N3O2/c1-2-13(17)18-10-12-9-16(15-14-12)8-11-6-4-3-5-7-11/h3-7,9H,2,8,10H2,1H3. The van der Waals surface area contributed by atoms with Crippen LogP contribution in [0.2, 0.25) is 0 Å². The minimum atomic E-state index is -0.229. The molecule has 0 saturated carbocycles. The average Bonchev–Trinajstić information content (AvgIpc) is 2.85. The van der Waals surface area contributed by atoms with Crippen LogP contribution in [0, 0.1) is 0 Å². The first-order chi connectivity index (χ1) is 8.78. The first kappa shape index (κ1) is 12.3. The summed E-state index contributed by atoms with van der Waals surface area (Å²) in [6, 6.07) is 9.99. The van der Waals surface area contributed by atoms with Gasteiger partial charge in [0.2, 0.25) is 0 Å². The fraction of sp³-hybridized carbons (Fsp3) is 0.308. The number of carbonyl (C=O) groups is 1. The van der Waals surface area contributed by atoms with Crippen molar-refractivity contribution in [1.82, 2.24) is 15.0 Å². The van der Waals surface area contributed by atoms with Crippen molar-refractivity contribution in [2.45, 2.75) is 26.5 Å². The van der Waals surface area contributed by atoms with E-state index in [-0.39, 0.29) is 12.6 Å². The third-order valence-corrected chi connectivity index (χ3v) is 2.44. The molecule has 0 aliphatic heterocycles. The largest absolute Gasteiger partial charge is 0.459 e. The van der Waals surface area contributed by atoms with E-state index in [4.69, 9.17) is 4.74 Å². The average molecular weight is 245 g/mol. The second kappa shape index (κ2) is 5.95. The Morgan fingerprint density at radius 3 is 2.83 bits per heavy atom. The smallest absolute Gasteiger partial charge is 0.305 e. The fourth-order valence-corrected chi connectivity index (χ4v) is 1.51. The van der Waals surface area contributed by atoms with Crippen molar-refractivity contribution in [1.29, 1.82) is 0 Å². The predicted molar refractivity (Wildman–Crippen MR) is 65.7 cm³/mol. The van der Waals surface area contributed by atoms with Crippen LogP contribution in [0.15, 0.2) is 36.5 Å². The Labute approximate surface area is 105 Å². The van der Waals surface area contributed by atoms with Gasteiger partial charge in [-0.25, -0.2) is 4.68 Å². The zero-order valence-corrected chi connectivity index (χ0v) is 10.2. The predicted octanol–water partition coefficient (Wildman–Crippen LogP) is 1.78. The van der Waals surface area contributed by atoms with Crippen LogP contribution in [0.1, 0.15) is 24.6 Å². The summed E-state index contributed by atoms with van der Waals surface area (Å²) in [4.78, 5) is 11.0. The lowest BCUT2D eigenvalue weighted by atomic mass is 10.2. The minimum absolute atomic E-state index is 0.182. The van der Waals surface area contributed by atoms with Crippen LogP contribution in [0.25, 0.3) is 0 Å². The lowest BCUT2D eigenvalue weighted by molar-refractivity contribution is -0.144. The molecule has 0 atom stereocenters. The number of benzene rings is 1. The van der Waals surface area contributed by atoms with Gasteiger partial charge < -0.3 is 4.74 Å². The second-order valence-corrected chi connectivity index (χ2v) is 3.91. The number of ether oxygens (including phenoxy) is 1. The Hall–Kier alpha value is -2.17. The van der Waals surface area contributed by atoms with Gasteiger partial charge >= 0.3 is 5.97 Å². The summed E-state index contributed by atoms with van der Waals surface area (Å²) < 4.78 is 6.71. The molecule has 1 aromatic carbocycles. The molecule has 0 aliphatic carbocycles. The van der Waals surface area contributed by atoms with Crippen molar-refractivity contribution >= 4 is 5.97 Å². The van der Waals surface area contributed by atoms with Gasteiger partial charge in [-0.3, -0.25) is 4.79 Å². The maximum atomic E-state index is 11.0. The van der Waals surface area contributed by atoms with E-state index >= 15 is 0 Å². The van der Waals surface area contributed by atoms with E-state index in [0.29, 0.717) is 18.7 Å². The van der Waals surface area contributed by atoms with Gasteiger partial charge in [0.25, 0.3) is 0 Å². The maximum absolute atomic E-state index is 11.0. The Balaban J connectivity index is 1.92. The lowest BCUT2D eigenvalue weighted by Gasteiger charge is -2.00. The van der Waals surface area contributed by atoms with E-state index in [0.717, 1.165) is 5.56 Å². The van der Waals surface area contributed by atoms with Crippen molar-refractivity contribution in [2.24, 2.45) is 0 Å². The highest BCUT2D eigenvalue weighted by Crippen LogP contribution is 2.03. The van der Waals surface area contributed by atoms with Crippen LogP contribution in [0.4, 0.5) is 0 Å². The number of nitrogens with zero attached hydrogens (tertiary/aromatic N) is 3. The van der Waals surface area contributed by atoms with E-state index in [1.807, 2.05) is 30.3 Å². The summed E-state index contributed by atoms with van der Waals surface area (Å²) in [5.41, 5.74) is 1.81. The van der Waals surface area contributed by atoms with Crippen molar-refractivity contribution in [3.63, 3.8) is 0 Å². The Kier molecular flexibility index (Phi) is 4.06. The molecule has 0 unspecified atom stereocenters. The molecule has 0 amide bonds. The summed E-state index contributed by atoms with van der Waals surface area (Å²) in [5.74, 6) is -0.229. The lowest BCUT2D eigenvalue weighted by Crippen LogP contribution is -2.02. The van der Waals surface area contributed by atoms with E-state index in [2.05, 4.69) is 10.3 Å². The Morgan fingerprint density at radius 1 is 1.33 bits per heavy atom. The zero-order chi connectivity index (χ0) is 12.8. The van der Waals surface area contributed by atoms with Crippen LogP contribution >= 0.6 is 0 Å². The summed E-state index contributed by atoms with van der Waals surface area (Å²) in [6.07, 6.45) is 2.16. The molecule has 18 heavy (non-hydrogen) atoms. The van der Waals surface area contributed by atoms with Gasteiger partial charge in [-0.15, -0.1) is 5.10 Å². The van der Waals surface area contributed by atoms with Crippen molar-refractivity contribution in [2.75, 3.05) is 0 Å². The first-order valence-electron chi connectivity index (χ1n) is 5.86. The van der Waals surface area contributed by atoms with Crippen LogP contribution in [0.5, 0.6) is 0 Å². The topological polar surface area (TPSA) is 57.0 Å². The normalized spacial score (nSPS) is 10.3. The van der Waals surface area contributed by atoms with E-state index in [1.54, 1.807) is 17.8 Å². The minimum Gasteiger partial charge on any atom is -0.459 e. The molecular formula is C13H15N3O2. The summed E-state index contributed by atoms with van der Waals surface area (Å²) in [7, 11) is 0. The molecule has 2 rings (SSSR count). The highest BCUT2D eigenvalue weighted by molar-refractivity contribution is 5.68. The van der Waals surface area contributed by atoms with Gasteiger partial charge in [-0.1, -0.05) is 42.5 Å². The van der Waals surface area contributed by atoms with E-state index in [9.17, 15) is 4.79 Å². The summed E-state index contributed by atoms with van der Waals surface area (Å²) in [6.45, 7) is 2.60. The summed E-state index contributed by atoms with van der Waals surface area (Å²) in [5, 5.41) is 7.94. The molecule has 5 heteroatoms. The SMILES string of the molecule is CCC(=O)OCc1cn(Cc2ccccc2)nn1. The molecule has 0 N–H and O–H groups in total. The quantitative estimate of drug-likeness (QED) is 0.753. The number of aromatic nitrogens is 3. The summed E-state index contributed by atoms with van der Waals surface area (Å²) >= 11 is 0. The van der Waals surface area contributed by atoms with Crippen molar-refractivity contribution in [3.8, 4) is 0 Å². The fourth-order valence-electron chi connectivity index (χ4n) is 1.51.